The predicted octanol–water partition coefficient (Wildman–Crippen LogP) is -0.473. The smallest absolute Gasteiger partial charge is 0.272 e. The zero-order valence-electron chi connectivity index (χ0n) is 10.1. The molecular formula is C11H15N5O2. The van der Waals surface area contributed by atoms with Crippen LogP contribution in [-0.2, 0) is 4.79 Å². The van der Waals surface area contributed by atoms with Crippen LogP contribution in [0.1, 0.15) is 23.3 Å². The SMILES string of the molecule is CNc1ccc(C(=O)NC2CCCNC2=O)nn1. The first-order chi connectivity index (χ1) is 8.70. The highest BCUT2D eigenvalue weighted by atomic mass is 16.2. The van der Waals surface area contributed by atoms with Gasteiger partial charge in [-0.2, -0.15) is 0 Å². The Hall–Kier alpha value is -2.18. The lowest BCUT2D eigenvalue weighted by Gasteiger charge is -2.22. The van der Waals surface area contributed by atoms with E-state index in [4.69, 9.17) is 0 Å². The molecule has 1 fully saturated rings. The maximum Gasteiger partial charge on any atom is 0.272 e. The number of amides is 2. The zero-order valence-corrected chi connectivity index (χ0v) is 10.1. The molecule has 0 saturated carbocycles. The molecule has 1 aliphatic rings. The molecule has 0 aliphatic carbocycles. The fraction of sp³-hybridized carbons (Fsp3) is 0.455. The minimum Gasteiger partial charge on any atom is -0.372 e. The second-order valence-corrected chi connectivity index (χ2v) is 4.01. The van der Waals surface area contributed by atoms with E-state index in [1.165, 1.54) is 0 Å². The number of nitrogens with one attached hydrogen (secondary N) is 3. The molecule has 1 aromatic rings. The maximum atomic E-state index is 11.8. The third-order valence-electron chi connectivity index (χ3n) is 2.74. The van der Waals surface area contributed by atoms with Gasteiger partial charge in [0.2, 0.25) is 5.91 Å². The molecule has 1 aliphatic heterocycles. The van der Waals surface area contributed by atoms with Crippen molar-refractivity contribution in [3.05, 3.63) is 17.8 Å². The Bertz CT molecular complexity index is 445. The van der Waals surface area contributed by atoms with Crippen LogP contribution in [0.2, 0.25) is 0 Å². The van der Waals surface area contributed by atoms with Crippen molar-refractivity contribution < 1.29 is 9.59 Å². The average molecular weight is 249 g/mol. The van der Waals surface area contributed by atoms with E-state index in [1.807, 2.05) is 0 Å². The van der Waals surface area contributed by atoms with Gasteiger partial charge in [-0.05, 0) is 25.0 Å². The van der Waals surface area contributed by atoms with Gasteiger partial charge in [-0.15, -0.1) is 10.2 Å². The standard InChI is InChI=1S/C11H15N5O2/c1-12-9-5-4-8(15-16-9)11(18)14-7-3-2-6-13-10(7)17/h4-5,7H,2-3,6H2,1H3,(H,12,16)(H,13,17)(H,14,18). The molecule has 1 unspecified atom stereocenters. The van der Waals surface area contributed by atoms with Crippen LogP contribution >= 0.6 is 0 Å². The maximum absolute atomic E-state index is 11.8. The summed E-state index contributed by atoms with van der Waals surface area (Å²) >= 11 is 0. The van der Waals surface area contributed by atoms with Crippen LogP contribution in [0.5, 0.6) is 0 Å². The van der Waals surface area contributed by atoms with Crippen LogP contribution in [0.25, 0.3) is 0 Å². The van der Waals surface area contributed by atoms with E-state index in [0.717, 1.165) is 6.42 Å². The first-order valence-corrected chi connectivity index (χ1v) is 5.81. The molecule has 1 aromatic heterocycles. The normalized spacial score (nSPS) is 18.9. The van der Waals surface area contributed by atoms with Crippen LogP contribution < -0.4 is 16.0 Å². The van der Waals surface area contributed by atoms with Gasteiger partial charge in [0.15, 0.2) is 5.69 Å². The lowest BCUT2D eigenvalue weighted by atomic mass is 10.1. The minimum atomic E-state index is -0.475. The van der Waals surface area contributed by atoms with Crippen LogP contribution in [-0.4, -0.2) is 41.6 Å². The van der Waals surface area contributed by atoms with Crippen molar-refractivity contribution in [2.75, 3.05) is 18.9 Å². The highest BCUT2D eigenvalue weighted by Gasteiger charge is 2.24. The van der Waals surface area contributed by atoms with Gasteiger partial charge >= 0.3 is 0 Å². The van der Waals surface area contributed by atoms with Crippen molar-refractivity contribution >= 4 is 17.6 Å². The number of piperidine rings is 1. The Morgan fingerprint density at radius 1 is 1.44 bits per heavy atom. The van der Waals surface area contributed by atoms with Crippen molar-refractivity contribution in [3.8, 4) is 0 Å². The number of anilines is 1. The number of hydrogen-bond acceptors (Lipinski definition) is 5. The van der Waals surface area contributed by atoms with Crippen molar-refractivity contribution in [2.45, 2.75) is 18.9 Å². The molecule has 0 aromatic carbocycles. The molecule has 7 heteroatoms. The summed E-state index contributed by atoms with van der Waals surface area (Å²) in [4.78, 5) is 23.3. The quantitative estimate of drug-likeness (QED) is 0.673. The second-order valence-electron chi connectivity index (χ2n) is 4.01. The highest BCUT2D eigenvalue weighted by Crippen LogP contribution is 2.05. The number of nitrogens with zero attached hydrogens (tertiary/aromatic N) is 2. The molecule has 1 atom stereocenters. The molecule has 3 N–H and O–H groups in total. The molecule has 2 rings (SSSR count). The summed E-state index contributed by atoms with van der Waals surface area (Å²) in [7, 11) is 1.72. The Labute approximate surface area is 104 Å². The Balaban J connectivity index is 2.00. The first kappa shape index (κ1) is 12.3. The van der Waals surface area contributed by atoms with Gasteiger partial charge < -0.3 is 16.0 Å². The largest absolute Gasteiger partial charge is 0.372 e. The summed E-state index contributed by atoms with van der Waals surface area (Å²) in [5.41, 5.74) is 0.201. The molecule has 1 saturated heterocycles. The number of rotatable bonds is 3. The Morgan fingerprint density at radius 2 is 2.28 bits per heavy atom. The predicted molar refractivity (Wildman–Crippen MR) is 65.1 cm³/mol. The molecule has 2 amide bonds. The zero-order chi connectivity index (χ0) is 13.0. The molecule has 7 nitrogen and oxygen atoms in total. The third-order valence-corrected chi connectivity index (χ3v) is 2.74. The van der Waals surface area contributed by atoms with Crippen molar-refractivity contribution in [1.29, 1.82) is 0 Å². The Morgan fingerprint density at radius 3 is 2.89 bits per heavy atom. The topological polar surface area (TPSA) is 96.0 Å². The van der Waals surface area contributed by atoms with E-state index in [9.17, 15) is 9.59 Å². The monoisotopic (exact) mass is 249 g/mol. The van der Waals surface area contributed by atoms with Crippen molar-refractivity contribution in [2.24, 2.45) is 0 Å². The van der Waals surface area contributed by atoms with E-state index in [1.54, 1.807) is 19.2 Å². The molecule has 0 spiro atoms. The van der Waals surface area contributed by atoms with Crippen molar-refractivity contribution in [1.82, 2.24) is 20.8 Å². The first-order valence-electron chi connectivity index (χ1n) is 5.81. The number of aromatic nitrogens is 2. The van der Waals surface area contributed by atoms with Gasteiger partial charge in [0.05, 0.1) is 0 Å². The molecule has 18 heavy (non-hydrogen) atoms. The van der Waals surface area contributed by atoms with Gasteiger partial charge in [-0.25, -0.2) is 0 Å². The lowest BCUT2D eigenvalue weighted by molar-refractivity contribution is -0.124. The van der Waals surface area contributed by atoms with Gasteiger partial charge in [-0.1, -0.05) is 0 Å². The van der Waals surface area contributed by atoms with Gasteiger partial charge in [0.1, 0.15) is 11.9 Å². The van der Waals surface area contributed by atoms with E-state index < -0.39 is 6.04 Å². The van der Waals surface area contributed by atoms with E-state index in [2.05, 4.69) is 26.1 Å². The van der Waals surface area contributed by atoms with Crippen LogP contribution in [0.4, 0.5) is 5.82 Å². The summed E-state index contributed by atoms with van der Waals surface area (Å²) in [5, 5.41) is 15.8. The van der Waals surface area contributed by atoms with Crippen LogP contribution in [0.3, 0.4) is 0 Å². The summed E-state index contributed by atoms with van der Waals surface area (Å²) < 4.78 is 0. The number of hydrogen-bond donors (Lipinski definition) is 3. The molecule has 96 valence electrons. The van der Waals surface area contributed by atoms with Crippen LogP contribution in [0, 0.1) is 0 Å². The molecule has 2 heterocycles. The van der Waals surface area contributed by atoms with Crippen LogP contribution in [0.15, 0.2) is 12.1 Å². The molecule has 0 radical (unpaired) electrons. The van der Waals surface area contributed by atoms with E-state index in [0.29, 0.717) is 18.8 Å². The van der Waals surface area contributed by atoms with E-state index >= 15 is 0 Å². The number of carbonyl (C=O) groups is 2. The highest BCUT2D eigenvalue weighted by molar-refractivity contribution is 5.96. The summed E-state index contributed by atoms with van der Waals surface area (Å²) in [6.07, 6.45) is 1.51. The fourth-order valence-corrected chi connectivity index (χ4v) is 1.73. The molecular weight excluding hydrogens is 234 g/mol. The minimum absolute atomic E-state index is 0.144. The second kappa shape index (κ2) is 5.44. The molecule has 0 bridgehead atoms. The van der Waals surface area contributed by atoms with Gasteiger partial charge in [-0.3, -0.25) is 9.59 Å². The Kier molecular flexibility index (Phi) is 3.71. The van der Waals surface area contributed by atoms with Gasteiger partial charge in [0, 0.05) is 13.6 Å². The summed E-state index contributed by atoms with van der Waals surface area (Å²) in [5.74, 6) is 0.0589. The third kappa shape index (κ3) is 2.73. The average Bonchev–Trinajstić information content (AvgIpc) is 2.41. The van der Waals surface area contributed by atoms with Crippen molar-refractivity contribution in [3.63, 3.8) is 0 Å². The van der Waals surface area contributed by atoms with E-state index in [-0.39, 0.29) is 17.5 Å². The van der Waals surface area contributed by atoms with Gasteiger partial charge in [0.25, 0.3) is 5.91 Å². The summed E-state index contributed by atoms with van der Waals surface area (Å²) in [6, 6.07) is 2.75. The lowest BCUT2D eigenvalue weighted by Crippen LogP contribution is -2.50. The fourth-order valence-electron chi connectivity index (χ4n) is 1.73. The number of carbonyl (C=O) groups excluding carboxylic acids is 2. The summed E-state index contributed by atoms with van der Waals surface area (Å²) in [6.45, 7) is 0.669.